The first kappa shape index (κ1) is 33.6. The molecule has 0 radical (unpaired) electrons. The number of carboxylic acids is 2. The third-order valence-corrected chi connectivity index (χ3v) is 7.34. The lowest BCUT2D eigenvalue weighted by atomic mass is 10.0. The van der Waals surface area contributed by atoms with E-state index in [4.69, 9.17) is 14.3 Å². The van der Waals surface area contributed by atoms with Crippen molar-refractivity contribution in [3.63, 3.8) is 0 Å². The molecular weight excluding hydrogens is 652 g/mol. The van der Waals surface area contributed by atoms with Crippen molar-refractivity contribution in [1.29, 1.82) is 0 Å². The number of ether oxygens (including phenoxy) is 1. The Morgan fingerprint density at radius 3 is 2.47 bits per heavy atom. The molecule has 0 fully saturated rings. The van der Waals surface area contributed by atoms with Gasteiger partial charge in [0.05, 0.1) is 34.6 Å². The topological polar surface area (TPSA) is 286 Å². The maximum absolute atomic E-state index is 13.8. The van der Waals surface area contributed by atoms with Gasteiger partial charge in [-0.15, -0.1) is 5.10 Å². The minimum Gasteiger partial charge on any atom is -0.506 e. The SMILES string of the molecule is Cc1cc2nc(C)c(-c3coc4cc(O)c(O)c(C(=O)OCc5cn(CC(=O)N[C@@H](CCC(=O)O)C(=O)O)nn5)c4c3=O)c(=O)n2cc1O. The zero-order valence-electron chi connectivity index (χ0n) is 25.5. The minimum atomic E-state index is -1.46. The van der Waals surface area contributed by atoms with Crippen molar-refractivity contribution in [2.75, 3.05) is 0 Å². The number of hydrogen-bond acceptors (Lipinski definition) is 14. The van der Waals surface area contributed by atoms with Gasteiger partial charge in [0, 0.05) is 12.5 Å². The summed E-state index contributed by atoms with van der Waals surface area (Å²) in [6, 6.07) is 0.894. The van der Waals surface area contributed by atoms with Crippen molar-refractivity contribution in [2.45, 2.75) is 45.9 Å². The van der Waals surface area contributed by atoms with E-state index < -0.39 is 82.9 Å². The summed E-state index contributed by atoms with van der Waals surface area (Å²) in [5.41, 5.74) is -2.66. The molecule has 0 saturated carbocycles. The van der Waals surface area contributed by atoms with Crippen molar-refractivity contribution in [3.8, 4) is 28.4 Å². The molecule has 0 aliphatic rings. The molecule has 4 heterocycles. The van der Waals surface area contributed by atoms with Gasteiger partial charge in [-0.25, -0.2) is 19.3 Å². The Kier molecular flexibility index (Phi) is 9.00. The van der Waals surface area contributed by atoms with Crippen LogP contribution in [0.1, 0.15) is 40.2 Å². The minimum absolute atomic E-state index is 0.0251. The largest absolute Gasteiger partial charge is 0.506 e. The number of aryl methyl sites for hydroxylation is 2. The summed E-state index contributed by atoms with van der Waals surface area (Å²) in [5, 5.41) is 58.1. The highest BCUT2D eigenvalue weighted by molar-refractivity contribution is 6.07. The average Bonchev–Trinajstić information content (AvgIpc) is 3.47. The fourth-order valence-electron chi connectivity index (χ4n) is 4.93. The number of carbonyl (C=O) groups excluding carboxylic acids is 2. The van der Waals surface area contributed by atoms with Gasteiger partial charge in [0.25, 0.3) is 5.56 Å². The van der Waals surface area contributed by atoms with Crippen LogP contribution in [0.5, 0.6) is 17.2 Å². The smallest absolute Gasteiger partial charge is 0.343 e. The van der Waals surface area contributed by atoms with Gasteiger partial charge in [-0.1, -0.05) is 5.21 Å². The van der Waals surface area contributed by atoms with E-state index >= 15 is 0 Å². The molecular formula is C30H26N6O13. The number of phenols is 2. The molecule has 0 aliphatic heterocycles. The monoisotopic (exact) mass is 678 g/mol. The summed E-state index contributed by atoms with van der Waals surface area (Å²) < 4.78 is 12.7. The number of amides is 1. The van der Waals surface area contributed by atoms with E-state index in [9.17, 15) is 49.2 Å². The van der Waals surface area contributed by atoms with Crippen molar-refractivity contribution in [1.82, 2.24) is 29.7 Å². The van der Waals surface area contributed by atoms with Gasteiger partial charge in [0.15, 0.2) is 11.5 Å². The van der Waals surface area contributed by atoms with Crippen molar-refractivity contribution in [2.24, 2.45) is 0 Å². The van der Waals surface area contributed by atoms with Gasteiger partial charge in [-0.3, -0.25) is 23.6 Å². The number of nitrogens with zero attached hydrogens (tertiary/aromatic N) is 5. The van der Waals surface area contributed by atoms with E-state index in [1.807, 2.05) is 0 Å². The summed E-state index contributed by atoms with van der Waals surface area (Å²) in [4.78, 5) is 79.3. The Morgan fingerprint density at radius 1 is 1.04 bits per heavy atom. The lowest BCUT2D eigenvalue weighted by Crippen LogP contribution is -2.42. The number of aromatic nitrogens is 5. The molecule has 5 aromatic rings. The lowest BCUT2D eigenvalue weighted by Gasteiger charge is -2.13. The van der Waals surface area contributed by atoms with Crippen LogP contribution in [0.15, 0.2) is 44.8 Å². The quantitative estimate of drug-likeness (QED) is 0.0823. The fraction of sp³-hybridized carbons (Fsp3) is 0.233. The average molecular weight is 679 g/mol. The number of carboxylic acid groups (broad SMARTS) is 2. The number of benzene rings is 1. The number of aromatic hydroxyl groups is 3. The van der Waals surface area contributed by atoms with Crippen LogP contribution in [0, 0.1) is 13.8 Å². The van der Waals surface area contributed by atoms with E-state index in [-0.39, 0.29) is 45.9 Å². The maximum Gasteiger partial charge on any atom is 0.343 e. The molecule has 49 heavy (non-hydrogen) atoms. The molecule has 1 amide bonds. The van der Waals surface area contributed by atoms with Gasteiger partial charge in [-0.2, -0.15) is 0 Å². The van der Waals surface area contributed by atoms with Crippen LogP contribution in [0.3, 0.4) is 0 Å². The summed E-state index contributed by atoms with van der Waals surface area (Å²) in [6.45, 7) is 1.93. The zero-order chi connectivity index (χ0) is 35.7. The van der Waals surface area contributed by atoms with Crippen LogP contribution in [-0.2, 0) is 32.3 Å². The van der Waals surface area contributed by atoms with Crippen LogP contribution in [0.25, 0.3) is 27.7 Å². The molecule has 19 heteroatoms. The third kappa shape index (κ3) is 6.70. The van der Waals surface area contributed by atoms with E-state index in [1.54, 1.807) is 6.92 Å². The number of phenolic OH excluding ortho intramolecular Hbond substituents is 2. The molecule has 6 N–H and O–H groups in total. The highest BCUT2D eigenvalue weighted by atomic mass is 16.5. The van der Waals surface area contributed by atoms with Crippen molar-refractivity contribution in [3.05, 3.63) is 73.9 Å². The number of carbonyl (C=O) groups is 4. The standard InChI is InChI=1S/C30H26N6O13/c1-12-5-20-31-13(2)23(28(44)36(20)8-18(12)38)15-11-48-19-6-17(37)27(43)25(24(19)26(15)42)30(47)49-10-14-7-35(34-33-14)9-21(39)32-16(29(45)46)3-4-22(40)41/h5-8,11,16,37-38,43H,3-4,9-10H2,1-2H3,(H,32,39)(H,40,41)(H,45,46)/t16-/m0/s1. The Hall–Kier alpha value is -6.79. The molecule has 0 unspecified atom stereocenters. The molecule has 4 aromatic heterocycles. The van der Waals surface area contributed by atoms with Crippen LogP contribution in [0.2, 0.25) is 0 Å². The Labute approximate surface area is 272 Å². The van der Waals surface area contributed by atoms with Crippen LogP contribution in [0.4, 0.5) is 0 Å². The Balaban J connectivity index is 1.41. The highest BCUT2D eigenvalue weighted by Gasteiger charge is 2.27. The van der Waals surface area contributed by atoms with Crippen LogP contribution < -0.4 is 16.3 Å². The highest BCUT2D eigenvalue weighted by Crippen LogP contribution is 2.36. The number of esters is 1. The predicted octanol–water partition coefficient (Wildman–Crippen LogP) is 0.584. The molecule has 5 rings (SSSR count). The second kappa shape index (κ2) is 13.1. The van der Waals surface area contributed by atoms with Gasteiger partial charge < -0.3 is 40.0 Å². The molecule has 0 spiro atoms. The third-order valence-electron chi connectivity index (χ3n) is 7.34. The fourth-order valence-corrected chi connectivity index (χ4v) is 4.93. The van der Waals surface area contributed by atoms with E-state index in [0.717, 1.165) is 27.6 Å². The van der Waals surface area contributed by atoms with Gasteiger partial charge >= 0.3 is 17.9 Å². The summed E-state index contributed by atoms with van der Waals surface area (Å²) in [7, 11) is 0. The number of nitrogens with one attached hydrogen (secondary N) is 1. The lowest BCUT2D eigenvalue weighted by molar-refractivity contribution is -0.143. The van der Waals surface area contributed by atoms with Gasteiger partial charge in [0.2, 0.25) is 11.3 Å². The first-order valence-corrected chi connectivity index (χ1v) is 14.2. The van der Waals surface area contributed by atoms with Crippen molar-refractivity contribution < 1.29 is 53.9 Å². The number of hydrogen-bond donors (Lipinski definition) is 6. The van der Waals surface area contributed by atoms with E-state index in [0.29, 0.717) is 5.56 Å². The molecule has 19 nitrogen and oxygen atoms in total. The number of aliphatic carboxylic acids is 2. The maximum atomic E-state index is 13.8. The predicted molar refractivity (Wildman–Crippen MR) is 163 cm³/mol. The first-order valence-electron chi connectivity index (χ1n) is 14.2. The number of fused-ring (bicyclic) bond motifs is 2. The molecule has 0 aliphatic carbocycles. The normalized spacial score (nSPS) is 11.8. The summed E-state index contributed by atoms with van der Waals surface area (Å²) in [5.74, 6) is -6.87. The zero-order valence-corrected chi connectivity index (χ0v) is 25.5. The number of pyridine rings is 1. The first-order chi connectivity index (χ1) is 23.2. The second-order valence-electron chi connectivity index (χ2n) is 10.8. The Bertz CT molecular complexity index is 2310. The summed E-state index contributed by atoms with van der Waals surface area (Å²) in [6.07, 6.45) is 2.39. The van der Waals surface area contributed by atoms with E-state index in [1.165, 1.54) is 19.2 Å². The molecule has 0 bridgehead atoms. The van der Waals surface area contributed by atoms with E-state index in [2.05, 4.69) is 20.6 Å². The second-order valence-corrected chi connectivity index (χ2v) is 10.8. The molecule has 254 valence electrons. The Morgan fingerprint density at radius 2 is 1.78 bits per heavy atom. The van der Waals surface area contributed by atoms with Gasteiger partial charge in [-0.05, 0) is 31.9 Å². The van der Waals surface area contributed by atoms with Crippen LogP contribution >= 0.6 is 0 Å². The van der Waals surface area contributed by atoms with Crippen molar-refractivity contribution >= 4 is 40.4 Å². The summed E-state index contributed by atoms with van der Waals surface area (Å²) >= 11 is 0. The number of rotatable bonds is 11. The van der Waals surface area contributed by atoms with Gasteiger partial charge in [0.1, 0.15) is 53.7 Å². The van der Waals surface area contributed by atoms with Crippen LogP contribution in [-0.4, -0.2) is 79.8 Å². The molecule has 1 aromatic carbocycles. The molecule has 0 saturated heterocycles. The molecule has 1 atom stereocenters.